The van der Waals surface area contributed by atoms with Gasteiger partial charge in [0, 0.05) is 10.6 Å². The van der Waals surface area contributed by atoms with E-state index in [1.165, 1.54) is 11.8 Å². The number of nitrogens with zero attached hydrogens (tertiary/aromatic N) is 7. The van der Waals surface area contributed by atoms with Crippen LogP contribution in [0.25, 0.3) is 11.3 Å². The van der Waals surface area contributed by atoms with Crippen LogP contribution in [-0.4, -0.2) is 35.8 Å². The molecule has 3 heterocycles. The van der Waals surface area contributed by atoms with Crippen LogP contribution < -0.4 is 0 Å². The molecule has 0 spiro atoms. The molecule has 4 rings (SSSR count). The fourth-order valence-electron chi connectivity index (χ4n) is 3.09. The number of thioether (sulfide) groups is 1. The van der Waals surface area contributed by atoms with E-state index in [-0.39, 0.29) is 5.69 Å². The van der Waals surface area contributed by atoms with Crippen LogP contribution >= 0.6 is 23.4 Å². The molecule has 0 bridgehead atoms. The summed E-state index contributed by atoms with van der Waals surface area (Å²) >= 11 is 7.36. The number of halogens is 1. The van der Waals surface area contributed by atoms with Crippen molar-refractivity contribution >= 4 is 35.3 Å². The lowest BCUT2D eigenvalue weighted by atomic mass is 10.2. The van der Waals surface area contributed by atoms with Gasteiger partial charge in [0.2, 0.25) is 5.16 Å². The highest BCUT2D eigenvalue weighted by Gasteiger charge is 2.22. The smallest absolute Gasteiger partial charge is 0.312 e. The van der Waals surface area contributed by atoms with Gasteiger partial charge in [-0.3, -0.25) is 14.8 Å². The van der Waals surface area contributed by atoms with Crippen molar-refractivity contribution in [3.8, 4) is 11.3 Å². The van der Waals surface area contributed by atoms with Crippen molar-refractivity contribution in [2.75, 3.05) is 0 Å². The van der Waals surface area contributed by atoms with Gasteiger partial charge in [-0.2, -0.15) is 14.9 Å². The third kappa shape index (κ3) is 4.43. The van der Waals surface area contributed by atoms with Gasteiger partial charge in [0.25, 0.3) is 0 Å². The second-order valence-electron chi connectivity index (χ2n) is 6.85. The van der Waals surface area contributed by atoms with Gasteiger partial charge in [-0.1, -0.05) is 35.5 Å². The number of benzene rings is 1. The Bertz CT molecular complexity index is 1320. The van der Waals surface area contributed by atoms with Gasteiger partial charge in [0.05, 0.1) is 17.0 Å². The first kappa shape index (κ1) is 21.8. The normalized spacial score (nSPS) is 11.5. The van der Waals surface area contributed by atoms with Gasteiger partial charge >= 0.3 is 5.69 Å². The van der Waals surface area contributed by atoms with Crippen molar-refractivity contribution in [1.82, 2.24) is 24.7 Å². The number of hydrogen-bond acceptors (Lipinski definition) is 8. The molecule has 0 aliphatic heterocycles. The molecule has 0 unspecified atom stereocenters. The lowest BCUT2D eigenvalue weighted by Crippen LogP contribution is -2.02. The topological polar surface area (TPSA) is 117 Å². The van der Waals surface area contributed by atoms with Gasteiger partial charge in [0.15, 0.2) is 5.82 Å². The number of nitro groups is 1. The Kier molecular flexibility index (Phi) is 6.10. The molecular formula is C20H18ClN7O3S. The second kappa shape index (κ2) is 8.97. The van der Waals surface area contributed by atoms with Crippen molar-refractivity contribution in [2.45, 2.75) is 31.8 Å². The summed E-state index contributed by atoms with van der Waals surface area (Å²) in [4.78, 5) is 10.8. The summed E-state index contributed by atoms with van der Waals surface area (Å²) in [5.41, 5.74) is 1.75. The predicted molar refractivity (Wildman–Crippen MR) is 121 cm³/mol. The summed E-state index contributed by atoms with van der Waals surface area (Å²) in [6, 6.07) is 11.0. The summed E-state index contributed by atoms with van der Waals surface area (Å²) in [5.74, 6) is 2.14. The van der Waals surface area contributed by atoms with E-state index in [0.717, 1.165) is 5.56 Å². The molecule has 12 heteroatoms. The van der Waals surface area contributed by atoms with E-state index >= 15 is 0 Å². The van der Waals surface area contributed by atoms with Crippen molar-refractivity contribution in [3.05, 3.63) is 74.5 Å². The zero-order valence-electron chi connectivity index (χ0n) is 17.4. The van der Waals surface area contributed by atoms with Crippen LogP contribution in [0.4, 0.5) is 5.69 Å². The van der Waals surface area contributed by atoms with Crippen molar-refractivity contribution in [2.24, 2.45) is 5.10 Å². The van der Waals surface area contributed by atoms with E-state index in [9.17, 15) is 10.1 Å². The molecular weight excluding hydrogens is 454 g/mol. The monoisotopic (exact) mass is 471 g/mol. The Hall–Kier alpha value is -3.44. The quantitative estimate of drug-likeness (QED) is 0.163. The number of aryl methyl sites for hydroxylation is 2. The first-order valence-corrected chi connectivity index (χ1v) is 10.8. The summed E-state index contributed by atoms with van der Waals surface area (Å²) in [5, 5.41) is 29.2. The van der Waals surface area contributed by atoms with Crippen LogP contribution in [0.1, 0.15) is 23.0 Å². The predicted octanol–water partition coefficient (Wildman–Crippen LogP) is 4.85. The van der Waals surface area contributed by atoms with Gasteiger partial charge in [0.1, 0.15) is 22.9 Å². The first-order chi connectivity index (χ1) is 15.3. The van der Waals surface area contributed by atoms with E-state index in [2.05, 4.69) is 20.4 Å². The van der Waals surface area contributed by atoms with Crippen LogP contribution in [-0.2, 0) is 5.88 Å². The minimum absolute atomic E-state index is 0.0228. The highest BCUT2D eigenvalue weighted by molar-refractivity contribution is 7.98. The zero-order chi connectivity index (χ0) is 22.8. The van der Waals surface area contributed by atoms with Gasteiger partial charge in [-0.05, 0) is 45.0 Å². The van der Waals surface area contributed by atoms with Crippen molar-refractivity contribution < 1.29 is 9.34 Å². The van der Waals surface area contributed by atoms with Gasteiger partial charge in [-0.15, -0.1) is 10.2 Å². The molecule has 0 radical (unpaired) electrons. The fraction of sp³-hybridized carbons (Fsp3) is 0.200. The third-order valence-corrected chi connectivity index (χ3v) is 5.77. The minimum atomic E-state index is -0.420. The maximum absolute atomic E-state index is 11.2. The maximum Gasteiger partial charge on any atom is 0.312 e. The Morgan fingerprint density at radius 1 is 1.25 bits per heavy atom. The highest BCUT2D eigenvalue weighted by Crippen LogP contribution is 2.26. The average molecular weight is 472 g/mol. The molecule has 3 aromatic heterocycles. The zero-order valence-corrected chi connectivity index (χ0v) is 19.0. The lowest BCUT2D eigenvalue weighted by molar-refractivity contribution is -0.386. The van der Waals surface area contributed by atoms with Crippen molar-refractivity contribution in [1.29, 1.82) is 0 Å². The van der Waals surface area contributed by atoms with Crippen LogP contribution in [0, 0.1) is 30.9 Å². The Balaban J connectivity index is 1.51. The number of hydrogen-bond donors (Lipinski definition) is 0. The number of aromatic nitrogens is 5. The molecule has 0 saturated carbocycles. The second-order valence-corrected chi connectivity index (χ2v) is 8.20. The molecule has 0 aliphatic rings. The summed E-state index contributed by atoms with van der Waals surface area (Å²) < 4.78 is 8.98. The summed E-state index contributed by atoms with van der Waals surface area (Å²) in [7, 11) is 0. The minimum Gasteiger partial charge on any atom is -0.455 e. The molecule has 0 N–H and O–H groups in total. The summed E-state index contributed by atoms with van der Waals surface area (Å²) in [6.07, 6.45) is 1.57. The number of furan rings is 1. The van der Waals surface area contributed by atoms with Gasteiger partial charge < -0.3 is 4.42 Å². The van der Waals surface area contributed by atoms with E-state index in [4.69, 9.17) is 16.0 Å². The van der Waals surface area contributed by atoms with Crippen molar-refractivity contribution in [3.63, 3.8) is 0 Å². The molecule has 164 valence electrons. The van der Waals surface area contributed by atoms with Crippen LogP contribution in [0.3, 0.4) is 0 Å². The third-order valence-electron chi connectivity index (χ3n) is 4.65. The summed E-state index contributed by atoms with van der Waals surface area (Å²) in [6.45, 7) is 5.06. The van der Waals surface area contributed by atoms with E-state index < -0.39 is 4.92 Å². The molecule has 0 fully saturated rings. The molecule has 4 aromatic rings. The van der Waals surface area contributed by atoms with Crippen LogP contribution in [0.5, 0.6) is 0 Å². The lowest BCUT2D eigenvalue weighted by Gasteiger charge is -2.03. The van der Waals surface area contributed by atoms with E-state index in [1.807, 2.05) is 24.3 Å². The van der Waals surface area contributed by atoms with Gasteiger partial charge in [-0.25, -0.2) is 0 Å². The average Bonchev–Trinajstić information content (AvgIpc) is 3.43. The van der Waals surface area contributed by atoms with Crippen LogP contribution in [0.15, 0.2) is 51.1 Å². The molecule has 1 aromatic carbocycles. The molecule has 0 amide bonds. The Labute approximate surface area is 192 Å². The Morgan fingerprint density at radius 3 is 2.78 bits per heavy atom. The highest BCUT2D eigenvalue weighted by atomic mass is 35.5. The largest absolute Gasteiger partial charge is 0.455 e. The molecule has 0 atom stereocenters. The number of rotatable bonds is 7. The Morgan fingerprint density at radius 2 is 2.06 bits per heavy atom. The molecule has 10 nitrogen and oxygen atoms in total. The molecule has 0 saturated heterocycles. The van der Waals surface area contributed by atoms with E-state index in [0.29, 0.717) is 44.8 Å². The van der Waals surface area contributed by atoms with Crippen LogP contribution in [0.2, 0.25) is 5.02 Å². The first-order valence-electron chi connectivity index (χ1n) is 9.47. The maximum atomic E-state index is 11.2. The fourth-order valence-corrected chi connectivity index (χ4v) is 4.17. The SMILES string of the molecule is Cc1nn(CSc2nnc(C)n2/N=C/c2ccc(-c3cccc(Cl)c3)o2)c(C)c1[N+](=O)[O-]. The standard InChI is InChI=1S/C20H18ClN7O3S/c1-12-19(28(29)30)13(2)26(25-12)11-32-20-24-23-14(3)27(20)22-10-17-7-8-18(31-17)15-5-4-6-16(21)9-15/h4-10H,11H2,1-3H3/b22-10+. The molecule has 32 heavy (non-hydrogen) atoms. The van der Waals surface area contributed by atoms with E-state index in [1.54, 1.807) is 48.5 Å². The molecule has 0 aliphatic carbocycles.